The van der Waals surface area contributed by atoms with Crippen LogP contribution in [-0.4, -0.2) is 84.5 Å². The standard InChI is InChI=1S/C37H55N5O7/c1-9-13-26(30(44)34(46)38-7)39-33(45)28-20-37(19-27(41-49-37)25-16-22(2)31(48-8)23(3)17-25)21-42(28)35(47)32(36(4,5)6)40-29(43)18-24-14-11-10-12-15-24/h16-17,24,26,28,32H,9-15,18-21H2,1-8H3,(H,38,46)(H,39,45)(H,40,43)/t26-,28-,32+,37+/m0/s1. The summed E-state index contributed by atoms with van der Waals surface area (Å²) in [6.45, 7) is 11.5. The Labute approximate surface area is 290 Å². The van der Waals surface area contributed by atoms with Crippen molar-refractivity contribution in [3.63, 3.8) is 0 Å². The third kappa shape index (κ3) is 8.80. The molecule has 12 nitrogen and oxygen atoms in total. The second-order valence-corrected chi connectivity index (χ2v) is 15.2. The van der Waals surface area contributed by atoms with Crippen LogP contribution in [0.2, 0.25) is 0 Å². The maximum atomic E-state index is 14.6. The Balaban J connectivity index is 1.63. The first-order chi connectivity index (χ1) is 23.1. The van der Waals surface area contributed by atoms with E-state index in [0.29, 0.717) is 30.9 Å². The van der Waals surface area contributed by atoms with Gasteiger partial charge in [-0.05, 0) is 67.7 Å². The molecule has 0 aromatic heterocycles. The summed E-state index contributed by atoms with van der Waals surface area (Å²) >= 11 is 0. The first-order valence-corrected chi connectivity index (χ1v) is 17.7. The predicted octanol–water partition coefficient (Wildman–Crippen LogP) is 3.88. The van der Waals surface area contributed by atoms with E-state index in [1.54, 1.807) is 7.11 Å². The van der Waals surface area contributed by atoms with E-state index < -0.39 is 52.6 Å². The Kier molecular flexibility index (Phi) is 12.1. The number of carbonyl (C=O) groups is 5. The van der Waals surface area contributed by atoms with Crippen LogP contribution >= 0.6 is 0 Å². The number of Topliss-reactive ketones (excluding diaryl/α,β-unsaturated/α-hetero) is 1. The van der Waals surface area contributed by atoms with Crippen LogP contribution in [0.3, 0.4) is 0 Å². The van der Waals surface area contributed by atoms with Crippen LogP contribution < -0.4 is 20.7 Å². The smallest absolute Gasteiger partial charge is 0.289 e. The first-order valence-electron chi connectivity index (χ1n) is 17.7. The van der Waals surface area contributed by atoms with Gasteiger partial charge in [-0.1, -0.05) is 58.5 Å². The van der Waals surface area contributed by atoms with Gasteiger partial charge in [0.15, 0.2) is 5.60 Å². The number of nitrogens with one attached hydrogen (secondary N) is 3. The molecule has 3 N–H and O–H groups in total. The van der Waals surface area contributed by atoms with Gasteiger partial charge in [-0.25, -0.2) is 0 Å². The highest BCUT2D eigenvalue weighted by molar-refractivity contribution is 6.38. The molecule has 1 aliphatic carbocycles. The number of likely N-dealkylation sites (N-methyl/N-ethyl adjacent to an activating group) is 1. The van der Waals surface area contributed by atoms with E-state index in [9.17, 15) is 24.0 Å². The largest absolute Gasteiger partial charge is 0.496 e. The van der Waals surface area contributed by atoms with Crippen LogP contribution in [0.4, 0.5) is 0 Å². The molecule has 1 saturated carbocycles. The van der Waals surface area contributed by atoms with E-state index in [1.165, 1.54) is 18.4 Å². The van der Waals surface area contributed by atoms with E-state index in [-0.39, 0.29) is 25.3 Å². The lowest BCUT2D eigenvalue weighted by atomic mass is 9.84. The number of hydrogen-bond acceptors (Lipinski definition) is 8. The zero-order chi connectivity index (χ0) is 36.1. The number of ketones is 1. The zero-order valence-electron chi connectivity index (χ0n) is 30.5. The topological polar surface area (TPSA) is 156 Å². The molecule has 49 heavy (non-hydrogen) atoms. The quantitative estimate of drug-likeness (QED) is 0.283. The normalized spacial score (nSPS) is 22.2. The maximum Gasteiger partial charge on any atom is 0.289 e. The van der Waals surface area contributed by atoms with Crippen molar-refractivity contribution in [1.82, 2.24) is 20.9 Å². The number of aryl methyl sites for hydroxylation is 2. The van der Waals surface area contributed by atoms with Crippen molar-refractivity contribution >= 4 is 35.1 Å². The van der Waals surface area contributed by atoms with Gasteiger partial charge in [-0.2, -0.15) is 0 Å². The molecular weight excluding hydrogens is 626 g/mol. The molecule has 4 rings (SSSR count). The van der Waals surface area contributed by atoms with Crippen LogP contribution in [-0.2, 0) is 28.8 Å². The molecule has 2 fully saturated rings. The molecular formula is C37H55N5O7. The fourth-order valence-corrected chi connectivity index (χ4v) is 7.52. The van der Waals surface area contributed by atoms with Crippen molar-refractivity contribution in [2.24, 2.45) is 16.5 Å². The lowest BCUT2D eigenvalue weighted by Crippen LogP contribution is -2.59. The molecule has 2 heterocycles. The number of hydrogen-bond donors (Lipinski definition) is 3. The number of ether oxygens (including phenoxy) is 1. The maximum absolute atomic E-state index is 14.6. The van der Waals surface area contributed by atoms with Crippen LogP contribution in [0.1, 0.15) is 109 Å². The minimum atomic E-state index is -1.05. The van der Waals surface area contributed by atoms with Crippen molar-refractivity contribution in [2.45, 2.75) is 129 Å². The van der Waals surface area contributed by atoms with Crippen molar-refractivity contribution < 1.29 is 33.5 Å². The first kappa shape index (κ1) is 37.9. The van der Waals surface area contributed by atoms with Gasteiger partial charge in [0, 0.05) is 31.9 Å². The van der Waals surface area contributed by atoms with Gasteiger partial charge < -0.3 is 30.4 Å². The van der Waals surface area contributed by atoms with Gasteiger partial charge >= 0.3 is 0 Å². The molecule has 4 amide bonds. The summed E-state index contributed by atoms with van der Waals surface area (Å²) in [4.78, 5) is 74.8. The van der Waals surface area contributed by atoms with Gasteiger partial charge in [0.1, 0.15) is 17.8 Å². The molecule has 12 heteroatoms. The number of carbonyl (C=O) groups excluding carboxylic acids is 5. The van der Waals surface area contributed by atoms with Crippen molar-refractivity contribution in [3.8, 4) is 5.75 Å². The highest BCUT2D eigenvalue weighted by atomic mass is 16.7. The number of amides is 4. The molecule has 1 saturated heterocycles. The SMILES string of the molecule is CCC[C@H](NC(=O)[C@@H]1C[C@]2(CC(c3cc(C)c(OC)c(C)c3)=NO2)CN1C(=O)[C@@H](NC(=O)CC1CCCCC1)C(C)(C)C)C(=O)C(=O)NC. The van der Waals surface area contributed by atoms with Gasteiger partial charge in [-0.3, -0.25) is 24.0 Å². The summed E-state index contributed by atoms with van der Waals surface area (Å²) in [6.07, 6.45) is 7.01. The van der Waals surface area contributed by atoms with Crippen LogP contribution in [0.15, 0.2) is 17.3 Å². The minimum Gasteiger partial charge on any atom is -0.496 e. The molecule has 1 spiro atoms. The van der Waals surface area contributed by atoms with Gasteiger partial charge in [0.25, 0.3) is 5.91 Å². The van der Waals surface area contributed by atoms with Crippen LogP contribution in [0.25, 0.3) is 0 Å². The second kappa shape index (κ2) is 15.7. The number of oxime groups is 1. The lowest BCUT2D eigenvalue weighted by molar-refractivity contribution is -0.145. The Bertz CT molecular complexity index is 1440. The van der Waals surface area contributed by atoms with Crippen molar-refractivity contribution in [1.29, 1.82) is 0 Å². The molecule has 1 aromatic rings. The Morgan fingerprint density at radius 2 is 1.71 bits per heavy atom. The van der Waals surface area contributed by atoms with Gasteiger partial charge in [0.2, 0.25) is 23.5 Å². The summed E-state index contributed by atoms with van der Waals surface area (Å²) in [7, 11) is 2.99. The van der Waals surface area contributed by atoms with Crippen molar-refractivity contribution in [2.75, 3.05) is 20.7 Å². The average Bonchev–Trinajstić information content (AvgIpc) is 3.65. The van der Waals surface area contributed by atoms with Crippen molar-refractivity contribution in [3.05, 3.63) is 28.8 Å². The fraction of sp³-hybridized carbons (Fsp3) is 0.676. The molecule has 0 unspecified atom stereocenters. The Morgan fingerprint density at radius 3 is 2.29 bits per heavy atom. The van der Waals surface area contributed by atoms with E-state index >= 15 is 0 Å². The third-order valence-corrected chi connectivity index (χ3v) is 10.1. The highest BCUT2D eigenvalue weighted by Crippen LogP contribution is 2.41. The Hall–Kier alpha value is -3.96. The van der Waals surface area contributed by atoms with E-state index in [2.05, 4.69) is 21.1 Å². The molecule has 3 aliphatic rings. The van der Waals surface area contributed by atoms with E-state index in [4.69, 9.17) is 9.57 Å². The molecule has 4 atom stereocenters. The average molecular weight is 682 g/mol. The predicted molar refractivity (Wildman–Crippen MR) is 186 cm³/mol. The van der Waals surface area contributed by atoms with Crippen LogP contribution in [0, 0.1) is 25.2 Å². The molecule has 270 valence electrons. The second-order valence-electron chi connectivity index (χ2n) is 15.2. The number of rotatable bonds is 12. The molecule has 1 aromatic carbocycles. The van der Waals surface area contributed by atoms with Gasteiger partial charge in [0.05, 0.1) is 25.4 Å². The summed E-state index contributed by atoms with van der Waals surface area (Å²) in [6, 6.07) is 0.958. The Morgan fingerprint density at radius 1 is 1.06 bits per heavy atom. The number of likely N-dealkylation sites (tertiary alicyclic amines) is 1. The van der Waals surface area contributed by atoms with Crippen LogP contribution in [0.5, 0.6) is 5.75 Å². The van der Waals surface area contributed by atoms with E-state index in [0.717, 1.165) is 48.1 Å². The monoisotopic (exact) mass is 681 g/mol. The number of nitrogens with zero attached hydrogens (tertiary/aromatic N) is 2. The lowest BCUT2D eigenvalue weighted by Gasteiger charge is -2.36. The summed E-state index contributed by atoms with van der Waals surface area (Å²) in [5.41, 5.74) is 1.76. The molecule has 2 aliphatic heterocycles. The third-order valence-electron chi connectivity index (χ3n) is 10.1. The highest BCUT2D eigenvalue weighted by Gasteiger charge is 2.55. The summed E-state index contributed by atoms with van der Waals surface area (Å²) < 4.78 is 5.54. The summed E-state index contributed by atoms with van der Waals surface area (Å²) in [5.74, 6) is -1.61. The molecule has 0 bridgehead atoms. The molecule has 0 radical (unpaired) electrons. The van der Waals surface area contributed by atoms with Gasteiger partial charge in [-0.15, -0.1) is 0 Å². The zero-order valence-corrected chi connectivity index (χ0v) is 30.5. The fourth-order valence-electron chi connectivity index (χ4n) is 7.52. The summed E-state index contributed by atoms with van der Waals surface area (Å²) in [5, 5.41) is 12.6. The number of benzene rings is 1. The van der Waals surface area contributed by atoms with E-state index in [1.807, 2.05) is 53.7 Å². The number of methoxy groups -OCH3 is 1. The minimum absolute atomic E-state index is 0.0535.